The molecule has 63 valence electrons. The van der Waals surface area contributed by atoms with Crippen molar-refractivity contribution < 1.29 is 37.1 Å². The molecular weight excluding hydrogens is 228 g/mol. The van der Waals surface area contributed by atoms with Gasteiger partial charge in [-0.15, -0.1) is 0 Å². The zero-order chi connectivity index (χ0) is 7.44. The van der Waals surface area contributed by atoms with Gasteiger partial charge in [-0.1, -0.05) is 13.8 Å². The molecule has 4 heteroatoms. The first-order chi connectivity index (χ1) is 4.04. The summed E-state index contributed by atoms with van der Waals surface area (Å²) in [5, 5.41) is 8.11. The summed E-state index contributed by atoms with van der Waals surface area (Å²) >= 11 is 0. The van der Waals surface area contributed by atoms with E-state index in [4.69, 9.17) is 5.11 Å². The molecule has 0 heterocycles. The molecule has 0 atom stereocenters. The van der Waals surface area contributed by atoms with Crippen molar-refractivity contribution in [3.63, 3.8) is 0 Å². The van der Waals surface area contributed by atoms with E-state index in [2.05, 4.69) is 0 Å². The number of hydrogen-bond acceptors (Lipinski definition) is 2. The third kappa shape index (κ3) is 6.01. The maximum absolute atomic E-state index is 10.6. The number of ketones is 1. The third-order valence-electron chi connectivity index (χ3n) is 0.969. The van der Waals surface area contributed by atoms with E-state index in [1.807, 2.05) is 0 Å². The van der Waals surface area contributed by atoms with Crippen molar-refractivity contribution in [2.75, 3.05) is 0 Å². The number of carbonyl (C=O) groups excluding carboxylic acids is 1. The summed E-state index contributed by atoms with van der Waals surface area (Å²) in [6.07, 6.45) is -0.350. The number of carbonyl (C=O) groups is 2. The average Bonchev–Trinajstić information content (AvgIpc) is 1.63. The number of hydrogen-bond donors (Lipinski definition) is 1. The quantitative estimate of drug-likeness (QED) is 0.581. The van der Waals surface area contributed by atoms with E-state index in [9.17, 15) is 9.59 Å². The molecule has 1 N–H and O–H groups in total. The summed E-state index contributed by atoms with van der Waals surface area (Å²) in [7, 11) is 0. The Morgan fingerprint density at radius 1 is 1.40 bits per heavy atom. The second-order valence-electron chi connectivity index (χ2n) is 2.19. The number of Topliss-reactive ketones (excluding diaryl/α,β-unsaturated/α-hetero) is 1. The zero-order valence-electron chi connectivity index (χ0n) is 5.85. The van der Waals surface area contributed by atoms with Crippen molar-refractivity contribution in [1.82, 2.24) is 0 Å². The van der Waals surface area contributed by atoms with Gasteiger partial charge in [0.2, 0.25) is 0 Å². The van der Waals surface area contributed by atoms with Crippen LogP contribution in [-0.4, -0.2) is 16.9 Å². The summed E-state index contributed by atoms with van der Waals surface area (Å²) in [5.41, 5.74) is 0. The van der Waals surface area contributed by atoms with Crippen molar-refractivity contribution in [2.45, 2.75) is 20.3 Å². The molecule has 0 aliphatic heterocycles. The fourth-order valence-electron chi connectivity index (χ4n) is 0.353. The largest absolute Gasteiger partial charge is 0.481 e. The minimum atomic E-state index is -1.05. The fraction of sp³-hybridized carbons (Fsp3) is 0.667. The van der Waals surface area contributed by atoms with Crippen LogP contribution in [0.3, 0.4) is 0 Å². The van der Waals surface area contributed by atoms with Crippen LogP contribution in [0.5, 0.6) is 0 Å². The summed E-state index contributed by atoms with van der Waals surface area (Å²) in [6, 6.07) is 0. The monoisotopic (exact) mass is 237 g/mol. The van der Waals surface area contributed by atoms with Gasteiger partial charge in [-0.3, -0.25) is 9.59 Å². The van der Waals surface area contributed by atoms with Crippen LogP contribution < -0.4 is 0 Å². The average molecular weight is 238 g/mol. The van der Waals surface area contributed by atoms with Gasteiger partial charge in [-0.2, -0.15) is 0 Å². The van der Waals surface area contributed by atoms with Crippen molar-refractivity contribution in [3.05, 3.63) is 0 Å². The second-order valence-corrected chi connectivity index (χ2v) is 2.19. The van der Waals surface area contributed by atoms with Gasteiger partial charge in [0.05, 0.1) is 0 Å². The number of carboxylic acid groups (broad SMARTS) is 1. The normalized spacial score (nSPS) is 8.70. The molecule has 0 aromatic carbocycles. The first-order valence-corrected chi connectivity index (χ1v) is 2.78. The van der Waals surface area contributed by atoms with Crippen molar-refractivity contribution in [3.8, 4) is 0 Å². The van der Waals surface area contributed by atoms with E-state index < -0.39 is 5.97 Å². The third-order valence-corrected chi connectivity index (χ3v) is 0.969. The molecule has 0 saturated carbocycles. The van der Waals surface area contributed by atoms with Gasteiger partial charge in [-0.25, -0.2) is 0 Å². The molecule has 0 amide bonds. The van der Waals surface area contributed by atoms with Crippen LogP contribution in [0.25, 0.3) is 0 Å². The van der Waals surface area contributed by atoms with E-state index in [-0.39, 0.29) is 40.5 Å². The molecule has 3 nitrogen and oxygen atoms in total. The van der Waals surface area contributed by atoms with Crippen LogP contribution in [0.4, 0.5) is 0 Å². The Labute approximate surface area is 75.3 Å². The van der Waals surface area contributed by atoms with E-state index in [1.54, 1.807) is 13.8 Å². The number of aliphatic carboxylic acids is 1. The zero-order valence-corrected chi connectivity index (χ0v) is 7.33. The van der Waals surface area contributed by atoms with Crippen LogP contribution >= 0.6 is 0 Å². The molecule has 0 aromatic rings. The number of rotatable bonds is 3. The van der Waals surface area contributed by atoms with Crippen molar-refractivity contribution >= 4 is 11.8 Å². The van der Waals surface area contributed by atoms with Crippen molar-refractivity contribution in [1.29, 1.82) is 0 Å². The maximum atomic E-state index is 10.6. The summed E-state index contributed by atoms with van der Waals surface area (Å²) in [5.74, 6) is -1.43. The van der Waals surface area contributed by atoms with E-state index in [0.29, 0.717) is 0 Å². The Balaban J connectivity index is 0. The van der Waals surface area contributed by atoms with Crippen LogP contribution in [0.15, 0.2) is 0 Å². The molecule has 10 heavy (non-hydrogen) atoms. The molecule has 0 bridgehead atoms. The van der Waals surface area contributed by atoms with Crippen LogP contribution in [0.1, 0.15) is 20.3 Å². The number of carboxylic acids is 1. The minimum Gasteiger partial charge on any atom is -0.481 e. The van der Waals surface area contributed by atoms with E-state index in [1.165, 1.54) is 0 Å². The summed E-state index contributed by atoms with van der Waals surface area (Å²) in [4.78, 5) is 20.5. The van der Waals surface area contributed by atoms with Gasteiger partial charge in [0, 0.05) is 28.3 Å². The fourth-order valence-corrected chi connectivity index (χ4v) is 0.353. The first-order valence-electron chi connectivity index (χ1n) is 2.78. The van der Waals surface area contributed by atoms with Gasteiger partial charge in [0.1, 0.15) is 12.2 Å². The Morgan fingerprint density at radius 3 is 1.90 bits per heavy atom. The Morgan fingerprint density at radius 2 is 1.80 bits per heavy atom. The van der Waals surface area contributed by atoms with Crippen LogP contribution in [-0.2, 0) is 32.0 Å². The molecule has 0 aromatic heterocycles. The Kier molecular flexibility index (Phi) is 7.09. The Hall–Kier alpha value is -0.120. The molecule has 0 aliphatic carbocycles. The van der Waals surface area contributed by atoms with Crippen LogP contribution in [0, 0.1) is 5.92 Å². The molecule has 1 radical (unpaired) electrons. The Bertz CT molecular complexity index is 131. The first kappa shape index (κ1) is 12.5. The molecule has 0 saturated heterocycles. The molecule has 0 rings (SSSR count). The molecular formula is C6H10AgO3. The minimum absolute atomic E-state index is 0. The predicted molar refractivity (Wildman–Crippen MR) is 32.1 cm³/mol. The molecule has 0 unspecified atom stereocenters. The van der Waals surface area contributed by atoms with Crippen LogP contribution in [0.2, 0.25) is 0 Å². The van der Waals surface area contributed by atoms with Gasteiger partial charge in [0.15, 0.2) is 0 Å². The summed E-state index contributed by atoms with van der Waals surface area (Å²) in [6.45, 7) is 3.37. The standard InChI is InChI=1S/C6H10O3.Ag/c1-4(2)5(7)3-6(8)9;/h4H,3H2,1-2H3,(H,8,9);. The molecule has 0 fully saturated rings. The van der Waals surface area contributed by atoms with E-state index in [0.717, 1.165) is 0 Å². The van der Waals surface area contributed by atoms with Gasteiger partial charge >= 0.3 is 5.97 Å². The van der Waals surface area contributed by atoms with Gasteiger partial charge in [0.25, 0.3) is 0 Å². The van der Waals surface area contributed by atoms with Gasteiger partial charge < -0.3 is 5.11 Å². The SMILES string of the molecule is CC(C)C(=O)CC(=O)O.[Ag]. The predicted octanol–water partition coefficient (Wildman–Crippen LogP) is 0.684. The van der Waals surface area contributed by atoms with Crippen molar-refractivity contribution in [2.24, 2.45) is 5.92 Å². The molecule has 0 aliphatic rings. The smallest absolute Gasteiger partial charge is 0.310 e. The van der Waals surface area contributed by atoms with Gasteiger partial charge in [-0.05, 0) is 0 Å². The second kappa shape index (κ2) is 5.65. The molecule has 0 spiro atoms. The topological polar surface area (TPSA) is 54.4 Å². The van der Waals surface area contributed by atoms with E-state index >= 15 is 0 Å². The maximum Gasteiger partial charge on any atom is 0.310 e. The summed E-state index contributed by atoms with van der Waals surface area (Å²) < 4.78 is 0.